The van der Waals surface area contributed by atoms with Crippen LogP contribution < -0.4 is 5.32 Å². The molecule has 33 heavy (non-hydrogen) atoms. The van der Waals surface area contributed by atoms with Gasteiger partial charge in [0.1, 0.15) is 10.7 Å². The molecule has 10 heteroatoms. The molecule has 1 atom stereocenters. The van der Waals surface area contributed by atoms with E-state index in [9.17, 15) is 9.90 Å². The standard InChI is InChI=1S/C23H23N7O2S/c1-14-19(17-7-10-24-22(25-17)26-18-8-11-30(3)28-18)27-20(33-14)15-5-4-6-16(13-15)23(32)9-12-29(2)21(23)31/h4-8,10-11,13,32H,9,12H2,1-3H3,(H,24,25,26,28). The summed E-state index contributed by atoms with van der Waals surface area (Å²) < 4.78 is 1.70. The van der Waals surface area contributed by atoms with Crippen molar-refractivity contribution >= 4 is 29.0 Å². The maximum absolute atomic E-state index is 12.5. The third kappa shape index (κ3) is 3.87. The number of nitrogens with one attached hydrogen (secondary N) is 1. The fraction of sp³-hybridized carbons (Fsp3) is 0.261. The fourth-order valence-electron chi connectivity index (χ4n) is 3.94. The summed E-state index contributed by atoms with van der Waals surface area (Å²) in [4.78, 5) is 28.8. The highest BCUT2D eigenvalue weighted by Gasteiger charge is 2.45. The van der Waals surface area contributed by atoms with Gasteiger partial charge in [0.15, 0.2) is 11.4 Å². The van der Waals surface area contributed by atoms with Crippen LogP contribution in [0.2, 0.25) is 0 Å². The second-order valence-corrected chi connectivity index (χ2v) is 9.31. The lowest BCUT2D eigenvalue weighted by Gasteiger charge is -2.21. The van der Waals surface area contributed by atoms with Crippen LogP contribution >= 0.6 is 11.3 Å². The van der Waals surface area contributed by atoms with Crippen molar-refractivity contribution in [1.29, 1.82) is 0 Å². The number of anilines is 2. The molecular weight excluding hydrogens is 438 g/mol. The van der Waals surface area contributed by atoms with Gasteiger partial charge in [-0.1, -0.05) is 18.2 Å². The fourth-order valence-corrected chi connectivity index (χ4v) is 4.85. The molecule has 1 amide bonds. The number of hydrogen-bond acceptors (Lipinski definition) is 8. The molecule has 0 aliphatic carbocycles. The van der Waals surface area contributed by atoms with E-state index in [4.69, 9.17) is 4.98 Å². The summed E-state index contributed by atoms with van der Waals surface area (Å²) in [6.45, 7) is 2.53. The monoisotopic (exact) mass is 461 g/mol. The van der Waals surface area contributed by atoms with Crippen LogP contribution in [0, 0.1) is 6.92 Å². The Balaban J connectivity index is 1.45. The van der Waals surface area contributed by atoms with E-state index < -0.39 is 5.60 Å². The summed E-state index contributed by atoms with van der Waals surface area (Å²) in [5.74, 6) is 0.824. The van der Waals surface area contributed by atoms with Gasteiger partial charge < -0.3 is 15.3 Å². The molecule has 1 unspecified atom stereocenters. The van der Waals surface area contributed by atoms with Crippen LogP contribution in [0.5, 0.6) is 0 Å². The Kier molecular flexibility index (Phi) is 5.18. The third-order valence-electron chi connectivity index (χ3n) is 5.74. The van der Waals surface area contributed by atoms with Crippen molar-refractivity contribution in [3.63, 3.8) is 0 Å². The lowest BCUT2D eigenvalue weighted by Crippen LogP contribution is -2.36. The minimum atomic E-state index is -1.49. The average molecular weight is 462 g/mol. The zero-order chi connectivity index (χ0) is 23.2. The highest BCUT2D eigenvalue weighted by atomic mass is 32.1. The van der Waals surface area contributed by atoms with Crippen LogP contribution in [0.4, 0.5) is 11.8 Å². The van der Waals surface area contributed by atoms with E-state index in [0.29, 0.717) is 36.0 Å². The number of rotatable bonds is 5. The number of carbonyl (C=O) groups is 1. The minimum Gasteiger partial charge on any atom is -0.375 e. The highest BCUT2D eigenvalue weighted by Crippen LogP contribution is 2.37. The van der Waals surface area contributed by atoms with Crippen molar-refractivity contribution in [2.45, 2.75) is 18.9 Å². The van der Waals surface area contributed by atoms with Crippen molar-refractivity contribution in [2.24, 2.45) is 7.05 Å². The molecule has 1 aliphatic heterocycles. The molecule has 3 aromatic heterocycles. The molecule has 1 fully saturated rings. The van der Waals surface area contributed by atoms with Crippen LogP contribution in [-0.4, -0.2) is 54.2 Å². The lowest BCUT2D eigenvalue weighted by molar-refractivity contribution is -0.143. The summed E-state index contributed by atoms with van der Waals surface area (Å²) in [6.07, 6.45) is 3.90. The number of aromatic nitrogens is 5. The van der Waals surface area contributed by atoms with Gasteiger partial charge in [0.25, 0.3) is 5.91 Å². The zero-order valence-electron chi connectivity index (χ0n) is 18.5. The number of nitrogens with zero attached hydrogens (tertiary/aromatic N) is 6. The molecule has 1 aromatic carbocycles. The average Bonchev–Trinajstić information content (AvgIpc) is 3.48. The van der Waals surface area contributed by atoms with E-state index in [1.165, 1.54) is 0 Å². The topological polar surface area (TPSA) is 109 Å². The number of likely N-dealkylation sites (N-methyl/N-ethyl adjacent to an activating group) is 1. The van der Waals surface area contributed by atoms with E-state index in [-0.39, 0.29) is 5.91 Å². The molecule has 9 nitrogen and oxygen atoms in total. The maximum Gasteiger partial charge on any atom is 0.258 e. The molecule has 1 aliphatic rings. The second kappa shape index (κ2) is 8.05. The van der Waals surface area contributed by atoms with Gasteiger partial charge in [-0.25, -0.2) is 15.0 Å². The van der Waals surface area contributed by atoms with E-state index >= 15 is 0 Å². The van der Waals surface area contributed by atoms with Crippen LogP contribution in [0.15, 0.2) is 48.8 Å². The van der Waals surface area contributed by atoms with Gasteiger partial charge in [-0.3, -0.25) is 9.48 Å². The zero-order valence-corrected chi connectivity index (χ0v) is 19.3. The first-order valence-corrected chi connectivity index (χ1v) is 11.3. The van der Waals surface area contributed by atoms with Crippen LogP contribution in [0.3, 0.4) is 0 Å². The van der Waals surface area contributed by atoms with Gasteiger partial charge in [-0.05, 0) is 24.6 Å². The smallest absolute Gasteiger partial charge is 0.258 e. The molecular formula is C23H23N7O2S. The van der Waals surface area contributed by atoms with Gasteiger partial charge in [0, 0.05) is 56.0 Å². The van der Waals surface area contributed by atoms with Crippen molar-refractivity contribution in [3.8, 4) is 22.0 Å². The summed E-state index contributed by atoms with van der Waals surface area (Å²) >= 11 is 1.54. The van der Waals surface area contributed by atoms with E-state index in [2.05, 4.69) is 20.4 Å². The largest absolute Gasteiger partial charge is 0.375 e. The van der Waals surface area contributed by atoms with Gasteiger partial charge in [0.05, 0.1) is 5.69 Å². The molecule has 0 saturated carbocycles. The molecule has 5 rings (SSSR count). The Labute approximate surface area is 194 Å². The summed E-state index contributed by atoms with van der Waals surface area (Å²) in [5.41, 5.74) is 1.42. The first-order valence-electron chi connectivity index (χ1n) is 10.5. The van der Waals surface area contributed by atoms with Gasteiger partial charge >= 0.3 is 0 Å². The molecule has 4 heterocycles. The van der Waals surface area contributed by atoms with Crippen LogP contribution in [0.25, 0.3) is 22.0 Å². The predicted octanol–water partition coefficient (Wildman–Crippen LogP) is 3.10. The Bertz CT molecular complexity index is 1350. The van der Waals surface area contributed by atoms with Gasteiger partial charge in [-0.2, -0.15) is 5.10 Å². The number of amides is 1. The van der Waals surface area contributed by atoms with Crippen molar-refractivity contribution in [2.75, 3.05) is 18.9 Å². The summed E-state index contributed by atoms with van der Waals surface area (Å²) in [6, 6.07) is 11.1. The molecule has 0 spiro atoms. The van der Waals surface area contributed by atoms with Crippen molar-refractivity contribution < 1.29 is 9.90 Å². The summed E-state index contributed by atoms with van der Waals surface area (Å²) in [5, 5.41) is 19.2. The molecule has 4 aromatic rings. The molecule has 168 valence electrons. The number of likely N-dealkylation sites (tertiary alicyclic amines) is 1. The summed E-state index contributed by atoms with van der Waals surface area (Å²) in [7, 11) is 3.55. The van der Waals surface area contributed by atoms with Crippen LogP contribution in [-0.2, 0) is 17.4 Å². The van der Waals surface area contributed by atoms with E-state index in [1.807, 2.05) is 50.5 Å². The normalized spacial score (nSPS) is 18.2. The number of aliphatic hydroxyl groups is 1. The van der Waals surface area contributed by atoms with E-state index in [0.717, 1.165) is 21.1 Å². The first kappa shape index (κ1) is 21.2. The Hall–Kier alpha value is -3.63. The Morgan fingerprint density at radius 2 is 2.03 bits per heavy atom. The number of aryl methyl sites for hydroxylation is 2. The molecule has 1 saturated heterocycles. The number of carbonyl (C=O) groups excluding carboxylic acids is 1. The number of hydrogen-bond donors (Lipinski definition) is 2. The SMILES string of the molecule is Cc1sc(-c2cccc(C3(O)CCN(C)C3=O)c2)nc1-c1ccnc(Nc2ccn(C)n2)n1. The molecule has 2 N–H and O–H groups in total. The first-order chi connectivity index (χ1) is 15.8. The highest BCUT2D eigenvalue weighted by molar-refractivity contribution is 7.15. The lowest BCUT2D eigenvalue weighted by atomic mass is 9.91. The molecule has 0 radical (unpaired) electrons. The van der Waals surface area contributed by atoms with Crippen molar-refractivity contribution in [3.05, 3.63) is 59.2 Å². The van der Waals surface area contributed by atoms with Gasteiger partial charge in [-0.15, -0.1) is 11.3 Å². The van der Waals surface area contributed by atoms with Crippen molar-refractivity contribution in [1.82, 2.24) is 29.6 Å². The predicted molar refractivity (Wildman–Crippen MR) is 126 cm³/mol. The third-order valence-corrected chi connectivity index (χ3v) is 6.76. The number of benzene rings is 1. The maximum atomic E-state index is 12.5. The number of thiazole rings is 1. The van der Waals surface area contributed by atoms with Crippen LogP contribution in [0.1, 0.15) is 16.9 Å². The quantitative estimate of drug-likeness (QED) is 0.470. The van der Waals surface area contributed by atoms with Gasteiger partial charge in [0.2, 0.25) is 5.95 Å². The second-order valence-electron chi connectivity index (χ2n) is 8.11. The molecule has 0 bridgehead atoms. The Morgan fingerprint density at radius 1 is 1.18 bits per heavy atom. The van der Waals surface area contributed by atoms with E-state index in [1.54, 1.807) is 40.2 Å². The Morgan fingerprint density at radius 3 is 2.76 bits per heavy atom. The minimum absolute atomic E-state index is 0.274.